The zero-order chi connectivity index (χ0) is 28.5. The fourth-order valence-electron chi connectivity index (χ4n) is 3.62. The summed E-state index contributed by atoms with van der Waals surface area (Å²) < 4.78 is 0.906. The molecule has 1 unspecified atom stereocenters. The molecule has 0 bridgehead atoms. The third-order valence-corrected chi connectivity index (χ3v) is 7.46. The van der Waals surface area contributed by atoms with Crippen molar-refractivity contribution < 1.29 is 14.4 Å². The summed E-state index contributed by atoms with van der Waals surface area (Å²) in [7, 11) is 0. The molecule has 6 nitrogen and oxygen atoms in total. The molecule has 0 aliphatic rings. The van der Waals surface area contributed by atoms with Crippen molar-refractivity contribution in [2.75, 3.05) is 10.6 Å². The van der Waals surface area contributed by atoms with Crippen LogP contribution in [-0.2, 0) is 9.59 Å². The van der Waals surface area contributed by atoms with Gasteiger partial charge in [0.2, 0.25) is 5.91 Å². The summed E-state index contributed by atoms with van der Waals surface area (Å²) in [6.07, 6.45) is 1.63. The molecule has 8 heteroatoms. The lowest BCUT2D eigenvalue weighted by molar-refractivity contribution is -0.115. The second-order valence-corrected chi connectivity index (χ2v) is 11.4. The molecule has 4 rings (SSSR count). The maximum atomic E-state index is 13.2. The van der Waals surface area contributed by atoms with Crippen LogP contribution in [0.25, 0.3) is 6.08 Å². The van der Waals surface area contributed by atoms with Gasteiger partial charge in [-0.3, -0.25) is 14.4 Å². The first-order chi connectivity index (χ1) is 19.3. The van der Waals surface area contributed by atoms with Crippen LogP contribution in [0.1, 0.15) is 28.4 Å². The third-order valence-electron chi connectivity index (χ3n) is 5.82. The van der Waals surface area contributed by atoms with Crippen LogP contribution >= 0.6 is 27.7 Å². The number of thioether (sulfide) groups is 1. The van der Waals surface area contributed by atoms with Crippen LogP contribution in [-0.4, -0.2) is 23.0 Å². The van der Waals surface area contributed by atoms with Crippen LogP contribution in [0, 0.1) is 6.92 Å². The maximum absolute atomic E-state index is 13.2. The van der Waals surface area contributed by atoms with E-state index in [2.05, 4.69) is 31.9 Å². The molecule has 4 aromatic carbocycles. The predicted octanol–water partition coefficient (Wildman–Crippen LogP) is 7.29. The van der Waals surface area contributed by atoms with Crippen molar-refractivity contribution in [3.8, 4) is 0 Å². The number of halogens is 1. The van der Waals surface area contributed by atoms with Crippen molar-refractivity contribution in [1.29, 1.82) is 0 Å². The summed E-state index contributed by atoms with van der Waals surface area (Å²) in [5.41, 5.74) is 3.75. The maximum Gasteiger partial charge on any atom is 0.272 e. The molecule has 0 aliphatic heterocycles. The van der Waals surface area contributed by atoms with E-state index >= 15 is 0 Å². The van der Waals surface area contributed by atoms with Crippen molar-refractivity contribution >= 4 is 62.9 Å². The van der Waals surface area contributed by atoms with Crippen LogP contribution in [0.15, 0.2) is 118 Å². The topological polar surface area (TPSA) is 87.3 Å². The molecule has 0 saturated heterocycles. The van der Waals surface area contributed by atoms with Gasteiger partial charge in [-0.05, 0) is 86.2 Å². The van der Waals surface area contributed by atoms with E-state index in [1.165, 1.54) is 11.8 Å². The zero-order valence-electron chi connectivity index (χ0n) is 22.0. The minimum atomic E-state index is -0.460. The number of hydrogen-bond donors (Lipinski definition) is 3. The Hall–Kier alpha value is -4.14. The smallest absolute Gasteiger partial charge is 0.272 e. The van der Waals surface area contributed by atoms with Crippen molar-refractivity contribution in [3.05, 3.63) is 130 Å². The number of rotatable bonds is 9. The minimum absolute atomic E-state index is 0.0943. The highest BCUT2D eigenvalue weighted by molar-refractivity contribution is 9.10. The number of carbonyl (C=O) groups is 3. The van der Waals surface area contributed by atoms with Crippen LogP contribution < -0.4 is 16.0 Å². The summed E-state index contributed by atoms with van der Waals surface area (Å²) in [6.45, 7) is 3.84. The van der Waals surface area contributed by atoms with E-state index < -0.39 is 5.91 Å². The molecule has 3 N–H and O–H groups in total. The van der Waals surface area contributed by atoms with Crippen LogP contribution in [0.5, 0.6) is 0 Å². The number of anilines is 2. The van der Waals surface area contributed by atoms with E-state index in [1.54, 1.807) is 42.5 Å². The van der Waals surface area contributed by atoms with Crippen molar-refractivity contribution in [3.63, 3.8) is 0 Å². The van der Waals surface area contributed by atoms with Gasteiger partial charge in [-0.1, -0.05) is 64.0 Å². The summed E-state index contributed by atoms with van der Waals surface area (Å²) in [6, 6.07) is 31.0. The molecule has 202 valence electrons. The first-order valence-electron chi connectivity index (χ1n) is 12.6. The highest BCUT2D eigenvalue weighted by Crippen LogP contribution is 2.26. The SMILES string of the molecule is Cc1ccc(NC(=O)C(C)Sc2ccc(NC(=O)/C(=C/c3ccc(Br)cc3)NC(=O)c3ccccc3)cc2)cc1. The standard InChI is InChI=1S/C32H28BrN3O3S/c1-21-8-14-26(15-9-21)34-30(37)22(2)40-28-18-16-27(17-19-28)35-32(39)29(20-23-10-12-25(33)13-11-23)36-31(38)24-6-4-3-5-7-24/h3-20,22H,1-2H3,(H,34,37)(H,35,39)(H,36,38)/b29-20-. The summed E-state index contributed by atoms with van der Waals surface area (Å²) in [5.74, 6) is -0.940. The molecule has 40 heavy (non-hydrogen) atoms. The normalized spacial score (nSPS) is 11.8. The Morgan fingerprint density at radius 3 is 2.02 bits per heavy atom. The van der Waals surface area contributed by atoms with Gasteiger partial charge in [-0.2, -0.15) is 0 Å². The number of hydrogen-bond acceptors (Lipinski definition) is 4. The fourth-order valence-corrected chi connectivity index (χ4v) is 4.75. The lowest BCUT2D eigenvalue weighted by atomic mass is 10.1. The largest absolute Gasteiger partial charge is 0.325 e. The van der Waals surface area contributed by atoms with E-state index in [0.717, 1.165) is 26.2 Å². The molecule has 4 aromatic rings. The monoisotopic (exact) mass is 613 g/mol. The average Bonchev–Trinajstić information content (AvgIpc) is 2.96. The van der Waals surface area contributed by atoms with Crippen LogP contribution in [0.2, 0.25) is 0 Å². The van der Waals surface area contributed by atoms with Crippen molar-refractivity contribution in [2.24, 2.45) is 0 Å². The molecule has 0 radical (unpaired) electrons. The van der Waals surface area contributed by atoms with Gasteiger partial charge in [0.15, 0.2) is 0 Å². The Balaban J connectivity index is 1.42. The summed E-state index contributed by atoms with van der Waals surface area (Å²) in [4.78, 5) is 39.5. The van der Waals surface area contributed by atoms with Crippen LogP contribution in [0.4, 0.5) is 11.4 Å². The zero-order valence-corrected chi connectivity index (χ0v) is 24.4. The molecule has 0 aromatic heterocycles. The van der Waals surface area contributed by atoms with E-state index in [-0.39, 0.29) is 22.8 Å². The lowest BCUT2D eigenvalue weighted by Gasteiger charge is -2.14. The summed E-state index contributed by atoms with van der Waals surface area (Å²) in [5, 5.41) is 8.20. The van der Waals surface area contributed by atoms with Gasteiger partial charge in [0.1, 0.15) is 5.70 Å². The number of carbonyl (C=O) groups excluding carboxylic acids is 3. The minimum Gasteiger partial charge on any atom is -0.325 e. The van der Waals surface area contributed by atoms with Gasteiger partial charge in [0, 0.05) is 26.3 Å². The quantitative estimate of drug-likeness (QED) is 0.137. The Bertz CT molecular complexity index is 1500. The van der Waals surface area contributed by atoms with E-state index in [4.69, 9.17) is 0 Å². The Kier molecular flexibility index (Phi) is 9.94. The first-order valence-corrected chi connectivity index (χ1v) is 14.2. The lowest BCUT2D eigenvalue weighted by Crippen LogP contribution is -2.30. The second kappa shape index (κ2) is 13.8. The number of amides is 3. The van der Waals surface area contributed by atoms with E-state index in [1.807, 2.05) is 80.6 Å². The highest BCUT2D eigenvalue weighted by Gasteiger charge is 2.17. The Labute approximate surface area is 246 Å². The molecule has 0 spiro atoms. The summed E-state index contributed by atoms with van der Waals surface area (Å²) >= 11 is 4.83. The molecule has 0 fully saturated rings. The van der Waals surface area contributed by atoms with Gasteiger partial charge in [-0.25, -0.2) is 0 Å². The average molecular weight is 615 g/mol. The molecule has 0 saturated carbocycles. The fraction of sp³-hybridized carbons (Fsp3) is 0.0938. The number of nitrogens with one attached hydrogen (secondary N) is 3. The van der Waals surface area contributed by atoms with Crippen LogP contribution in [0.3, 0.4) is 0 Å². The molecule has 0 aliphatic carbocycles. The predicted molar refractivity (Wildman–Crippen MR) is 166 cm³/mol. The van der Waals surface area contributed by atoms with E-state index in [0.29, 0.717) is 11.3 Å². The van der Waals surface area contributed by atoms with Gasteiger partial charge in [0.05, 0.1) is 5.25 Å². The Morgan fingerprint density at radius 2 is 1.38 bits per heavy atom. The van der Waals surface area contributed by atoms with Gasteiger partial charge in [0.25, 0.3) is 11.8 Å². The molecular weight excluding hydrogens is 586 g/mol. The molecular formula is C32H28BrN3O3S. The Morgan fingerprint density at radius 1 is 0.775 bits per heavy atom. The van der Waals surface area contributed by atoms with Crippen molar-refractivity contribution in [1.82, 2.24) is 5.32 Å². The number of benzene rings is 4. The molecule has 3 amide bonds. The van der Waals surface area contributed by atoms with Gasteiger partial charge >= 0.3 is 0 Å². The highest BCUT2D eigenvalue weighted by atomic mass is 79.9. The number of aryl methyl sites for hydroxylation is 1. The van der Waals surface area contributed by atoms with Crippen molar-refractivity contribution in [2.45, 2.75) is 24.0 Å². The van der Waals surface area contributed by atoms with Gasteiger partial charge in [-0.15, -0.1) is 11.8 Å². The molecule has 1 atom stereocenters. The van der Waals surface area contributed by atoms with E-state index in [9.17, 15) is 14.4 Å². The molecule has 0 heterocycles. The first kappa shape index (κ1) is 28.9. The third kappa shape index (κ3) is 8.43. The van der Waals surface area contributed by atoms with Gasteiger partial charge < -0.3 is 16.0 Å². The second-order valence-electron chi connectivity index (χ2n) is 9.02.